The van der Waals surface area contributed by atoms with Gasteiger partial charge in [0.05, 0.1) is 5.56 Å². The van der Waals surface area contributed by atoms with Gasteiger partial charge in [0, 0.05) is 23.5 Å². The summed E-state index contributed by atoms with van der Waals surface area (Å²) in [6.45, 7) is 5.48. The summed E-state index contributed by atoms with van der Waals surface area (Å²) in [7, 11) is 0. The number of nitrogens with zero attached hydrogens (tertiary/aromatic N) is 3. The molecule has 6 nitrogen and oxygen atoms in total. The second kappa shape index (κ2) is 6.23. The van der Waals surface area contributed by atoms with Gasteiger partial charge in [-0.1, -0.05) is 11.2 Å². The third-order valence-corrected chi connectivity index (χ3v) is 3.09. The Labute approximate surface area is 139 Å². The lowest BCUT2D eigenvalue weighted by atomic mass is 10.1. The van der Waals surface area contributed by atoms with E-state index in [2.05, 4.69) is 15.1 Å². The molecule has 0 saturated heterocycles. The number of esters is 1. The predicted octanol–water partition coefficient (Wildman–Crippen LogP) is 3.75. The monoisotopic (exact) mass is 323 g/mol. The first-order valence-corrected chi connectivity index (χ1v) is 7.50. The summed E-state index contributed by atoms with van der Waals surface area (Å²) in [6, 6.07) is 10.6. The molecular weight excluding hydrogens is 306 g/mol. The highest BCUT2D eigenvalue weighted by Crippen LogP contribution is 2.23. The van der Waals surface area contributed by atoms with Crippen molar-refractivity contribution in [1.82, 2.24) is 15.1 Å². The van der Waals surface area contributed by atoms with Crippen LogP contribution in [0.3, 0.4) is 0 Å². The second-order valence-corrected chi connectivity index (χ2v) is 6.25. The molecule has 0 spiro atoms. The van der Waals surface area contributed by atoms with Crippen molar-refractivity contribution >= 4 is 5.97 Å². The summed E-state index contributed by atoms with van der Waals surface area (Å²) in [6.07, 6.45) is 3.33. The van der Waals surface area contributed by atoms with Gasteiger partial charge in [0.1, 0.15) is 5.60 Å². The number of aromatic nitrogens is 3. The molecule has 3 rings (SSSR count). The molecule has 0 atom stereocenters. The summed E-state index contributed by atoms with van der Waals surface area (Å²) >= 11 is 0. The van der Waals surface area contributed by atoms with Gasteiger partial charge in [-0.15, -0.1) is 0 Å². The Morgan fingerprint density at radius 3 is 2.62 bits per heavy atom. The SMILES string of the molecule is CC(C)(C)OC(=O)c1cccc(-c2nc(-c3cccnc3)no2)c1. The Balaban J connectivity index is 1.87. The van der Waals surface area contributed by atoms with Gasteiger partial charge in [-0.05, 0) is 51.1 Å². The largest absolute Gasteiger partial charge is 0.456 e. The minimum Gasteiger partial charge on any atom is -0.456 e. The quantitative estimate of drug-likeness (QED) is 0.683. The third-order valence-electron chi connectivity index (χ3n) is 3.09. The third kappa shape index (κ3) is 3.65. The number of benzene rings is 1. The topological polar surface area (TPSA) is 78.1 Å². The van der Waals surface area contributed by atoms with E-state index in [1.54, 1.807) is 42.7 Å². The molecule has 0 saturated carbocycles. The lowest BCUT2D eigenvalue weighted by molar-refractivity contribution is 0.00696. The van der Waals surface area contributed by atoms with Crippen LogP contribution in [-0.2, 0) is 4.74 Å². The van der Waals surface area contributed by atoms with Crippen molar-refractivity contribution in [2.45, 2.75) is 26.4 Å². The molecule has 0 aliphatic heterocycles. The van der Waals surface area contributed by atoms with E-state index in [-0.39, 0.29) is 0 Å². The normalized spacial score (nSPS) is 11.3. The number of carbonyl (C=O) groups is 1. The maximum Gasteiger partial charge on any atom is 0.338 e. The van der Waals surface area contributed by atoms with Crippen LogP contribution in [0, 0.1) is 0 Å². The van der Waals surface area contributed by atoms with Crippen molar-refractivity contribution < 1.29 is 14.1 Å². The molecule has 0 aliphatic carbocycles. The van der Waals surface area contributed by atoms with E-state index in [9.17, 15) is 4.79 Å². The minimum absolute atomic E-state index is 0.333. The molecule has 0 radical (unpaired) electrons. The molecule has 3 aromatic rings. The fourth-order valence-electron chi connectivity index (χ4n) is 2.07. The number of hydrogen-bond acceptors (Lipinski definition) is 6. The molecule has 2 heterocycles. The van der Waals surface area contributed by atoms with Gasteiger partial charge in [-0.3, -0.25) is 4.98 Å². The van der Waals surface area contributed by atoms with E-state index in [1.165, 1.54) is 0 Å². The number of pyridine rings is 1. The highest BCUT2D eigenvalue weighted by Gasteiger charge is 2.19. The van der Waals surface area contributed by atoms with E-state index in [4.69, 9.17) is 9.26 Å². The Hall–Kier alpha value is -3.02. The van der Waals surface area contributed by atoms with Crippen LogP contribution >= 0.6 is 0 Å². The zero-order chi connectivity index (χ0) is 17.2. The van der Waals surface area contributed by atoms with Gasteiger partial charge in [0.2, 0.25) is 5.82 Å². The molecule has 24 heavy (non-hydrogen) atoms. The van der Waals surface area contributed by atoms with E-state index >= 15 is 0 Å². The maximum absolute atomic E-state index is 12.2. The average molecular weight is 323 g/mol. The Morgan fingerprint density at radius 1 is 1.12 bits per heavy atom. The number of rotatable bonds is 3. The van der Waals surface area contributed by atoms with Gasteiger partial charge in [-0.2, -0.15) is 4.98 Å². The first-order valence-electron chi connectivity index (χ1n) is 7.50. The number of hydrogen-bond donors (Lipinski definition) is 0. The van der Waals surface area contributed by atoms with E-state index in [0.717, 1.165) is 5.56 Å². The van der Waals surface area contributed by atoms with E-state index < -0.39 is 11.6 Å². The lowest BCUT2D eigenvalue weighted by Gasteiger charge is -2.19. The molecule has 6 heteroatoms. The molecular formula is C18H17N3O3. The summed E-state index contributed by atoms with van der Waals surface area (Å²) in [5, 5.41) is 3.95. The van der Waals surface area contributed by atoms with Crippen LogP contribution in [0.1, 0.15) is 31.1 Å². The molecule has 0 unspecified atom stereocenters. The van der Waals surface area contributed by atoms with Crippen molar-refractivity contribution in [1.29, 1.82) is 0 Å². The summed E-state index contributed by atoms with van der Waals surface area (Å²) in [4.78, 5) is 20.6. The van der Waals surface area contributed by atoms with Gasteiger partial charge >= 0.3 is 5.97 Å². The predicted molar refractivity (Wildman–Crippen MR) is 88.1 cm³/mol. The van der Waals surface area contributed by atoms with Crippen LogP contribution < -0.4 is 0 Å². The molecule has 0 amide bonds. The molecule has 0 aliphatic rings. The molecule has 0 N–H and O–H groups in total. The zero-order valence-electron chi connectivity index (χ0n) is 13.7. The first kappa shape index (κ1) is 15.9. The number of carbonyl (C=O) groups excluding carboxylic acids is 1. The van der Waals surface area contributed by atoms with Crippen LogP contribution in [0.15, 0.2) is 53.3 Å². The molecule has 1 aromatic carbocycles. The van der Waals surface area contributed by atoms with Crippen LogP contribution in [0.25, 0.3) is 22.8 Å². The van der Waals surface area contributed by atoms with Crippen LogP contribution in [0.2, 0.25) is 0 Å². The van der Waals surface area contributed by atoms with Gasteiger partial charge in [-0.25, -0.2) is 4.79 Å². The van der Waals surface area contributed by atoms with Crippen LogP contribution in [0.5, 0.6) is 0 Å². The van der Waals surface area contributed by atoms with Gasteiger partial charge in [0.15, 0.2) is 0 Å². The number of ether oxygens (including phenoxy) is 1. The van der Waals surface area contributed by atoms with Crippen molar-refractivity contribution in [3.8, 4) is 22.8 Å². The van der Waals surface area contributed by atoms with Gasteiger partial charge in [0.25, 0.3) is 5.89 Å². The summed E-state index contributed by atoms with van der Waals surface area (Å²) in [5.74, 6) is 0.386. The van der Waals surface area contributed by atoms with Crippen LogP contribution in [-0.4, -0.2) is 26.7 Å². The standard InChI is InChI=1S/C18H17N3O3/c1-18(2,3)23-17(22)13-7-4-6-12(10-13)16-20-15(21-24-16)14-8-5-9-19-11-14/h4-11H,1-3H3. The molecule has 2 aromatic heterocycles. The Morgan fingerprint density at radius 2 is 1.92 bits per heavy atom. The van der Waals surface area contributed by atoms with Crippen LogP contribution in [0.4, 0.5) is 0 Å². The second-order valence-electron chi connectivity index (χ2n) is 6.25. The fourth-order valence-corrected chi connectivity index (χ4v) is 2.07. The highest BCUT2D eigenvalue weighted by molar-refractivity contribution is 5.91. The van der Waals surface area contributed by atoms with E-state index in [0.29, 0.717) is 22.8 Å². The van der Waals surface area contributed by atoms with Gasteiger partial charge < -0.3 is 9.26 Å². The first-order chi connectivity index (χ1) is 11.4. The van der Waals surface area contributed by atoms with Crippen molar-refractivity contribution in [2.75, 3.05) is 0 Å². The fraction of sp³-hybridized carbons (Fsp3) is 0.222. The molecule has 0 bridgehead atoms. The Bertz CT molecular complexity index is 851. The van der Waals surface area contributed by atoms with Crippen molar-refractivity contribution in [2.24, 2.45) is 0 Å². The lowest BCUT2D eigenvalue weighted by Crippen LogP contribution is -2.23. The summed E-state index contributed by atoms with van der Waals surface area (Å²) in [5.41, 5.74) is 1.30. The van der Waals surface area contributed by atoms with Crippen molar-refractivity contribution in [3.05, 3.63) is 54.4 Å². The average Bonchev–Trinajstić information content (AvgIpc) is 3.04. The van der Waals surface area contributed by atoms with E-state index in [1.807, 2.05) is 26.8 Å². The smallest absolute Gasteiger partial charge is 0.338 e. The zero-order valence-corrected chi connectivity index (χ0v) is 13.7. The molecule has 0 fully saturated rings. The molecule has 122 valence electrons. The van der Waals surface area contributed by atoms with Crippen molar-refractivity contribution in [3.63, 3.8) is 0 Å². The minimum atomic E-state index is -0.551. The Kier molecular flexibility index (Phi) is 4.12. The summed E-state index contributed by atoms with van der Waals surface area (Å²) < 4.78 is 10.7. The highest BCUT2D eigenvalue weighted by atomic mass is 16.6. The maximum atomic E-state index is 12.2.